The van der Waals surface area contributed by atoms with E-state index in [0.29, 0.717) is 0 Å². The number of para-hydroxylation sites is 1. The third-order valence-corrected chi connectivity index (χ3v) is 6.39. The van der Waals surface area contributed by atoms with Gasteiger partial charge in [-0.15, -0.1) is 0 Å². The van der Waals surface area contributed by atoms with Gasteiger partial charge in [-0.25, -0.2) is 4.98 Å². The zero-order chi connectivity index (χ0) is 22.9. The van der Waals surface area contributed by atoms with Crippen LogP contribution in [0.1, 0.15) is 5.69 Å². The fraction of sp³-hybridized carbons (Fsp3) is 0.0312. The van der Waals surface area contributed by atoms with Gasteiger partial charge in [0.05, 0.1) is 11.2 Å². The minimum atomic E-state index is 0.927. The highest BCUT2D eigenvalue weighted by Gasteiger charge is 2.18. The standard InChI is InChI=1S/C32H24N2/c1-23-32(26-17-9-4-10-18-26)28-19-11-12-20-30(28)34(23)31-22-27(24-13-5-2-6-14-24)21-29(33-31)25-15-7-3-8-16-25/h2-22H,1H3. The third kappa shape index (κ3) is 3.50. The highest BCUT2D eigenvalue weighted by Crippen LogP contribution is 2.37. The predicted octanol–water partition coefficient (Wildman–Crippen LogP) is 8.33. The van der Waals surface area contributed by atoms with E-state index in [9.17, 15) is 0 Å². The van der Waals surface area contributed by atoms with E-state index in [1.54, 1.807) is 0 Å². The SMILES string of the molecule is Cc1c(-c2ccccc2)c2ccccc2n1-c1cc(-c2ccccc2)cc(-c2ccccc2)n1. The molecule has 2 heterocycles. The number of pyridine rings is 1. The van der Waals surface area contributed by atoms with Gasteiger partial charge in [-0.3, -0.25) is 4.57 Å². The maximum absolute atomic E-state index is 5.18. The number of aromatic nitrogens is 2. The molecule has 0 unspecified atom stereocenters. The molecule has 6 aromatic rings. The Bertz CT molecular complexity index is 1520. The van der Waals surface area contributed by atoms with Gasteiger partial charge in [-0.05, 0) is 41.8 Å². The Morgan fingerprint density at radius 3 is 1.76 bits per heavy atom. The summed E-state index contributed by atoms with van der Waals surface area (Å²) in [5.41, 5.74) is 9.24. The zero-order valence-electron chi connectivity index (χ0n) is 19.0. The van der Waals surface area contributed by atoms with E-state index < -0.39 is 0 Å². The van der Waals surface area contributed by atoms with Crippen LogP contribution in [-0.2, 0) is 0 Å². The van der Waals surface area contributed by atoms with Crippen molar-refractivity contribution >= 4 is 10.9 Å². The van der Waals surface area contributed by atoms with Crippen molar-refractivity contribution < 1.29 is 0 Å². The van der Waals surface area contributed by atoms with Crippen LogP contribution in [0.3, 0.4) is 0 Å². The lowest BCUT2D eigenvalue weighted by Crippen LogP contribution is -2.02. The minimum absolute atomic E-state index is 0.927. The normalized spacial score (nSPS) is 11.1. The third-order valence-electron chi connectivity index (χ3n) is 6.39. The van der Waals surface area contributed by atoms with E-state index >= 15 is 0 Å². The number of fused-ring (bicyclic) bond motifs is 1. The van der Waals surface area contributed by atoms with E-state index in [1.165, 1.54) is 27.8 Å². The van der Waals surface area contributed by atoms with Gasteiger partial charge in [0.25, 0.3) is 0 Å². The van der Waals surface area contributed by atoms with Crippen LogP contribution in [0.5, 0.6) is 0 Å². The summed E-state index contributed by atoms with van der Waals surface area (Å²) in [6, 6.07) is 44.6. The molecule has 2 aromatic heterocycles. The molecular formula is C32H24N2. The van der Waals surface area contributed by atoms with Gasteiger partial charge < -0.3 is 0 Å². The lowest BCUT2D eigenvalue weighted by atomic mass is 10.0. The molecule has 0 aliphatic carbocycles. The van der Waals surface area contributed by atoms with Crippen molar-refractivity contribution in [2.24, 2.45) is 0 Å². The van der Waals surface area contributed by atoms with E-state index in [0.717, 1.165) is 28.2 Å². The average Bonchev–Trinajstić information content (AvgIpc) is 3.21. The molecule has 0 amide bonds. The number of rotatable bonds is 4. The lowest BCUT2D eigenvalue weighted by Gasteiger charge is -2.13. The summed E-state index contributed by atoms with van der Waals surface area (Å²) in [4.78, 5) is 5.18. The Kier molecular flexibility index (Phi) is 5.04. The Hall–Kier alpha value is -4.43. The summed E-state index contributed by atoms with van der Waals surface area (Å²) < 4.78 is 2.30. The van der Waals surface area contributed by atoms with Crippen LogP contribution in [0.2, 0.25) is 0 Å². The molecule has 0 N–H and O–H groups in total. The first-order valence-corrected chi connectivity index (χ1v) is 11.6. The smallest absolute Gasteiger partial charge is 0.138 e. The Balaban J connectivity index is 1.65. The van der Waals surface area contributed by atoms with E-state index in [1.807, 2.05) is 6.07 Å². The highest BCUT2D eigenvalue weighted by atomic mass is 15.1. The second-order valence-corrected chi connectivity index (χ2v) is 8.51. The molecule has 6 rings (SSSR count). The molecule has 162 valence electrons. The van der Waals surface area contributed by atoms with Gasteiger partial charge in [0.1, 0.15) is 5.82 Å². The molecule has 0 saturated carbocycles. The largest absolute Gasteiger partial charge is 0.298 e. The fourth-order valence-electron chi connectivity index (χ4n) is 4.82. The predicted molar refractivity (Wildman–Crippen MR) is 142 cm³/mol. The summed E-state index contributed by atoms with van der Waals surface area (Å²) in [7, 11) is 0. The second-order valence-electron chi connectivity index (χ2n) is 8.51. The van der Waals surface area contributed by atoms with E-state index in [2.05, 4.69) is 133 Å². The van der Waals surface area contributed by atoms with Crippen LogP contribution in [-0.4, -0.2) is 9.55 Å². The van der Waals surface area contributed by atoms with Crippen LogP contribution in [0.15, 0.2) is 127 Å². The summed E-state index contributed by atoms with van der Waals surface area (Å²) in [5, 5.41) is 1.24. The molecule has 0 fully saturated rings. The maximum Gasteiger partial charge on any atom is 0.138 e. The van der Waals surface area contributed by atoms with Crippen molar-refractivity contribution in [3.63, 3.8) is 0 Å². The molecule has 0 saturated heterocycles. The number of hydrogen-bond acceptors (Lipinski definition) is 1. The topological polar surface area (TPSA) is 17.8 Å². The van der Waals surface area contributed by atoms with Crippen molar-refractivity contribution in [1.82, 2.24) is 9.55 Å². The molecular weight excluding hydrogens is 412 g/mol. The average molecular weight is 437 g/mol. The molecule has 4 aromatic carbocycles. The molecule has 0 bridgehead atoms. The van der Waals surface area contributed by atoms with Crippen LogP contribution < -0.4 is 0 Å². The molecule has 0 aliphatic rings. The van der Waals surface area contributed by atoms with Crippen molar-refractivity contribution in [2.45, 2.75) is 6.92 Å². The van der Waals surface area contributed by atoms with Crippen molar-refractivity contribution in [1.29, 1.82) is 0 Å². The lowest BCUT2D eigenvalue weighted by molar-refractivity contribution is 0.998. The van der Waals surface area contributed by atoms with Crippen molar-refractivity contribution in [3.05, 3.63) is 133 Å². The number of hydrogen-bond donors (Lipinski definition) is 0. The van der Waals surface area contributed by atoms with Crippen LogP contribution >= 0.6 is 0 Å². The van der Waals surface area contributed by atoms with Gasteiger partial charge in [-0.2, -0.15) is 0 Å². The fourth-order valence-corrected chi connectivity index (χ4v) is 4.82. The van der Waals surface area contributed by atoms with Gasteiger partial charge in [0, 0.05) is 22.2 Å². The Labute approximate surface area is 199 Å². The molecule has 0 spiro atoms. The molecule has 2 nitrogen and oxygen atoms in total. The van der Waals surface area contributed by atoms with E-state index in [4.69, 9.17) is 4.98 Å². The molecule has 2 heteroatoms. The van der Waals surface area contributed by atoms with Gasteiger partial charge in [-0.1, -0.05) is 109 Å². The van der Waals surface area contributed by atoms with Crippen molar-refractivity contribution in [3.8, 4) is 39.3 Å². The van der Waals surface area contributed by atoms with Crippen LogP contribution in [0, 0.1) is 6.92 Å². The monoisotopic (exact) mass is 436 g/mol. The first-order chi connectivity index (χ1) is 16.8. The zero-order valence-corrected chi connectivity index (χ0v) is 19.0. The summed E-state index contributed by atoms with van der Waals surface area (Å²) in [5.74, 6) is 0.927. The maximum atomic E-state index is 5.18. The van der Waals surface area contributed by atoms with E-state index in [-0.39, 0.29) is 0 Å². The van der Waals surface area contributed by atoms with Gasteiger partial charge in [0.15, 0.2) is 0 Å². The number of nitrogens with zero attached hydrogens (tertiary/aromatic N) is 2. The van der Waals surface area contributed by atoms with Crippen LogP contribution in [0.25, 0.3) is 50.2 Å². The molecule has 0 aliphatic heterocycles. The van der Waals surface area contributed by atoms with Crippen LogP contribution in [0.4, 0.5) is 0 Å². The second kappa shape index (κ2) is 8.49. The van der Waals surface area contributed by atoms with Crippen molar-refractivity contribution in [2.75, 3.05) is 0 Å². The summed E-state index contributed by atoms with van der Waals surface area (Å²) in [6.07, 6.45) is 0. The highest BCUT2D eigenvalue weighted by molar-refractivity contribution is 5.99. The summed E-state index contributed by atoms with van der Waals surface area (Å²) >= 11 is 0. The molecule has 0 atom stereocenters. The molecule has 0 radical (unpaired) electrons. The van der Waals surface area contributed by atoms with Gasteiger partial charge in [0.2, 0.25) is 0 Å². The van der Waals surface area contributed by atoms with Gasteiger partial charge >= 0.3 is 0 Å². The summed E-state index contributed by atoms with van der Waals surface area (Å²) in [6.45, 7) is 2.20. The minimum Gasteiger partial charge on any atom is -0.298 e. The Morgan fingerprint density at radius 1 is 0.529 bits per heavy atom. The number of benzene rings is 4. The quantitative estimate of drug-likeness (QED) is 0.271. The Morgan fingerprint density at radius 2 is 1.09 bits per heavy atom. The first-order valence-electron chi connectivity index (χ1n) is 11.6. The molecule has 34 heavy (non-hydrogen) atoms. The first kappa shape index (κ1) is 20.2.